The second kappa shape index (κ2) is 9.60. The Bertz CT molecular complexity index is 1110. The fraction of sp³-hybridized carbons (Fsp3) is 0.136. The van der Waals surface area contributed by atoms with Crippen molar-refractivity contribution in [3.8, 4) is 22.8 Å². The minimum Gasteiger partial charge on any atom is -0.497 e. The number of aromatic nitrogens is 3. The van der Waals surface area contributed by atoms with E-state index in [1.165, 1.54) is 11.8 Å². The van der Waals surface area contributed by atoms with Crippen molar-refractivity contribution in [2.24, 2.45) is 0 Å². The summed E-state index contributed by atoms with van der Waals surface area (Å²) >= 11 is 2.99. The van der Waals surface area contributed by atoms with Crippen LogP contribution in [0, 0.1) is 0 Å². The van der Waals surface area contributed by atoms with Crippen LogP contribution in [0.4, 0.5) is 0 Å². The zero-order chi connectivity index (χ0) is 20.8. The third-order valence-electron chi connectivity index (χ3n) is 4.35. The van der Waals surface area contributed by atoms with Crippen LogP contribution in [0.2, 0.25) is 0 Å². The van der Waals surface area contributed by atoms with E-state index in [0.29, 0.717) is 17.5 Å². The third-order valence-corrected chi connectivity index (χ3v) is 6.15. The number of rotatable bonds is 8. The molecular weight excluding hydrogens is 416 g/mol. The van der Waals surface area contributed by atoms with E-state index in [4.69, 9.17) is 4.74 Å². The Kier molecular flexibility index (Phi) is 6.46. The van der Waals surface area contributed by atoms with Gasteiger partial charge in [-0.1, -0.05) is 48.2 Å². The molecule has 0 saturated carbocycles. The fourth-order valence-electron chi connectivity index (χ4n) is 2.90. The quantitative estimate of drug-likeness (QED) is 0.414. The van der Waals surface area contributed by atoms with Gasteiger partial charge in [-0.15, -0.1) is 21.5 Å². The minimum atomic E-state index is -0.0426. The van der Waals surface area contributed by atoms with Crippen LogP contribution in [-0.2, 0) is 11.3 Å². The zero-order valence-electron chi connectivity index (χ0n) is 16.3. The maximum atomic E-state index is 12.3. The molecule has 0 aliphatic heterocycles. The van der Waals surface area contributed by atoms with E-state index in [-0.39, 0.29) is 11.7 Å². The van der Waals surface area contributed by atoms with Gasteiger partial charge in [0.2, 0.25) is 5.91 Å². The second-order valence-electron chi connectivity index (χ2n) is 6.35. The highest BCUT2D eigenvalue weighted by molar-refractivity contribution is 7.99. The highest BCUT2D eigenvalue weighted by Crippen LogP contribution is 2.29. The summed E-state index contributed by atoms with van der Waals surface area (Å²) in [5.41, 5.74) is 1.82. The van der Waals surface area contributed by atoms with Gasteiger partial charge < -0.3 is 10.1 Å². The SMILES string of the molecule is COc1cccc(-c2nnc(SCC(=O)NCc3cccs3)n2-c2ccccc2)c1. The first-order chi connectivity index (χ1) is 14.7. The molecule has 0 radical (unpaired) electrons. The number of benzene rings is 2. The highest BCUT2D eigenvalue weighted by Gasteiger charge is 2.17. The lowest BCUT2D eigenvalue weighted by Gasteiger charge is -2.11. The molecule has 2 aromatic heterocycles. The standard InChI is InChI=1S/C22H20N4O2S2/c1-28-18-10-5-7-16(13-18)21-24-25-22(26(21)17-8-3-2-4-9-17)30-15-20(27)23-14-19-11-6-12-29-19/h2-13H,14-15H2,1H3,(H,23,27). The first kappa shape index (κ1) is 20.2. The van der Waals surface area contributed by atoms with Gasteiger partial charge in [-0.25, -0.2) is 0 Å². The average Bonchev–Trinajstić information content (AvgIpc) is 3.47. The lowest BCUT2D eigenvalue weighted by molar-refractivity contribution is -0.118. The highest BCUT2D eigenvalue weighted by atomic mass is 32.2. The van der Waals surface area contributed by atoms with Gasteiger partial charge in [-0.05, 0) is 35.7 Å². The number of methoxy groups -OCH3 is 1. The number of hydrogen-bond acceptors (Lipinski definition) is 6. The molecule has 0 spiro atoms. The van der Waals surface area contributed by atoms with Crippen LogP contribution in [0.15, 0.2) is 77.3 Å². The molecule has 6 nitrogen and oxygen atoms in total. The molecule has 0 unspecified atom stereocenters. The van der Waals surface area contributed by atoms with Crippen molar-refractivity contribution in [2.75, 3.05) is 12.9 Å². The molecule has 2 aromatic carbocycles. The average molecular weight is 437 g/mol. The van der Waals surface area contributed by atoms with Crippen molar-refractivity contribution in [3.05, 3.63) is 77.0 Å². The van der Waals surface area contributed by atoms with Gasteiger partial charge in [0.25, 0.3) is 0 Å². The third kappa shape index (κ3) is 4.72. The summed E-state index contributed by atoms with van der Waals surface area (Å²) < 4.78 is 7.31. The number of nitrogens with one attached hydrogen (secondary N) is 1. The van der Waals surface area contributed by atoms with Crippen molar-refractivity contribution in [1.82, 2.24) is 20.1 Å². The number of thioether (sulfide) groups is 1. The van der Waals surface area contributed by atoms with Gasteiger partial charge in [-0.3, -0.25) is 9.36 Å². The van der Waals surface area contributed by atoms with Crippen molar-refractivity contribution in [1.29, 1.82) is 0 Å². The molecule has 0 aliphatic rings. The summed E-state index contributed by atoms with van der Waals surface area (Å²) in [6.07, 6.45) is 0. The predicted octanol–water partition coefficient (Wildman–Crippen LogP) is 4.41. The van der Waals surface area contributed by atoms with Crippen LogP contribution >= 0.6 is 23.1 Å². The van der Waals surface area contributed by atoms with E-state index < -0.39 is 0 Å². The predicted molar refractivity (Wildman–Crippen MR) is 120 cm³/mol. The van der Waals surface area contributed by atoms with Crippen LogP contribution in [0.5, 0.6) is 5.75 Å². The number of carbonyl (C=O) groups excluding carboxylic acids is 1. The van der Waals surface area contributed by atoms with Crippen LogP contribution in [0.25, 0.3) is 17.1 Å². The lowest BCUT2D eigenvalue weighted by atomic mass is 10.2. The molecule has 1 amide bonds. The molecule has 0 saturated heterocycles. The van der Waals surface area contributed by atoms with Gasteiger partial charge in [-0.2, -0.15) is 0 Å². The first-order valence-corrected chi connectivity index (χ1v) is 11.2. The number of thiophene rings is 1. The Morgan fingerprint density at radius 2 is 1.97 bits per heavy atom. The van der Waals surface area contributed by atoms with Gasteiger partial charge >= 0.3 is 0 Å². The fourth-order valence-corrected chi connectivity index (χ4v) is 4.33. The summed E-state index contributed by atoms with van der Waals surface area (Å²) in [4.78, 5) is 13.4. The van der Waals surface area contributed by atoms with E-state index in [1.807, 2.05) is 76.7 Å². The molecule has 8 heteroatoms. The molecule has 0 bridgehead atoms. The summed E-state index contributed by atoms with van der Waals surface area (Å²) in [5.74, 6) is 1.66. The smallest absolute Gasteiger partial charge is 0.230 e. The Labute approximate surface area is 182 Å². The number of amides is 1. The van der Waals surface area contributed by atoms with Gasteiger partial charge in [0.15, 0.2) is 11.0 Å². The molecule has 30 heavy (non-hydrogen) atoms. The van der Waals surface area contributed by atoms with E-state index in [9.17, 15) is 4.79 Å². The molecule has 0 fully saturated rings. The number of hydrogen-bond donors (Lipinski definition) is 1. The second-order valence-corrected chi connectivity index (χ2v) is 8.33. The van der Waals surface area contributed by atoms with Gasteiger partial charge in [0, 0.05) is 16.1 Å². The molecule has 0 aliphatic carbocycles. The van der Waals surface area contributed by atoms with Crippen LogP contribution in [0.1, 0.15) is 4.88 Å². The number of carbonyl (C=O) groups is 1. The molecule has 4 aromatic rings. The number of ether oxygens (including phenoxy) is 1. The molecule has 0 atom stereocenters. The van der Waals surface area contributed by atoms with Crippen LogP contribution < -0.4 is 10.1 Å². The Balaban J connectivity index is 1.57. The first-order valence-electron chi connectivity index (χ1n) is 9.32. The topological polar surface area (TPSA) is 69.0 Å². The summed E-state index contributed by atoms with van der Waals surface area (Å²) in [7, 11) is 1.64. The summed E-state index contributed by atoms with van der Waals surface area (Å²) in [6.45, 7) is 0.539. The Hall–Kier alpha value is -3.10. The maximum Gasteiger partial charge on any atom is 0.230 e. The van der Waals surface area contributed by atoms with Crippen LogP contribution in [0.3, 0.4) is 0 Å². The Morgan fingerprint density at radius 3 is 2.73 bits per heavy atom. The lowest BCUT2D eigenvalue weighted by Crippen LogP contribution is -2.24. The van der Waals surface area contributed by atoms with Crippen LogP contribution in [-0.4, -0.2) is 33.5 Å². The largest absolute Gasteiger partial charge is 0.497 e. The summed E-state index contributed by atoms with van der Waals surface area (Å²) in [5, 5.41) is 14.4. The maximum absolute atomic E-state index is 12.3. The zero-order valence-corrected chi connectivity index (χ0v) is 18.0. The monoisotopic (exact) mass is 436 g/mol. The Morgan fingerprint density at radius 1 is 1.10 bits per heavy atom. The van der Waals surface area contributed by atoms with Gasteiger partial charge in [0.1, 0.15) is 5.75 Å². The minimum absolute atomic E-state index is 0.0426. The molecule has 4 rings (SSSR count). The molecule has 2 heterocycles. The summed E-state index contributed by atoms with van der Waals surface area (Å²) in [6, 6.07) is 21.6. The van der Waals surface area contributed by atoms with Crippen molar-refractivity contribution in [3.63, 3.8) is 0 Å². The van der Waals surface area contributed by atoms with Crippen molar-refractivity contribution >= 4 is 29.0 Å². The van der Waals surface area contributed by atoms with E-state index >= 15 is 0 Å². The number of para-hydroxylation sites is 1. The molecular formula is C22H20N4O2S2. The molecule has 1 N–H and O–H groups in total. The van der Waals surface area contributed by atoms with Crippen molar-refractivity contribution < 1.29 is 9.53 Å². The molecule has 152 valence electrons. The number of nitrogens with zero attached hydrogens (tertiary/aromatic N) is 3. The van der Waals surface area contributed by atoms with Gasteiger partial charge in [0.05, 0.1) is 19.4 Å². The normalized spacial score (nSPS) is 10.7. The van der Waals surface area contributed by atoms with E-state index in [0.717, 1.165) is 21.9 Å². The van der Waals surface area contributed by atoms with E-state index in [1.54, 1.807) is 18.4 Å². The van der Waals surface area contributed by atoms with E-state index in [2.05, 4.69) is 15.5 Å². The van der Waals surface area contributed by atoms with Crippen molar-refractivity contribution in [2.45, 2.75) is 11.7 Å².